The summed E-state index contributed by atoms with van der Waals surface area (Å²) in [4.78, 5) is 17.1. The Bertz CT molecular complexity index is 538. The zero-order valence-electron chi connectivity index (χ0n) is 11.4. The lowest BCUT2D eigenvalue weighted by atomic mass is 10.1. The lowest BCUT2D eigenvalue weighted by molar-refractivity contribution is -0.0757. The molecule has 19 heavy (non-hydrogen) atoms. The third-order valence-electron chi connectivity index (χ3n) is 3.01. The second-order valence-electron chi connectivity index (χ2n) is 4.44. The highest BCUT2D eigenvalue weighted by atomic mass is 16.7. The minimum Gasteiger partial charge on any atom is -0.497 e. The van der Waals surface area contributed by atoms with Crippen LogP contribution in [0.4, 0.5) is 0 Å². The fraction of sp³-hybridized carbons (Fsp3) is 0.400. The van der Waals surface area contributed by atoms with Crippen LogP contribution < -0.4 is 4.74 Å². The summed E-state index contributed by atoms with van der Waals surface area (Å²) in [5.74, 6) is 7.19. The molecular weight excluding hydrogens is 242 g/mol. The fourth-order valence-corrected chi connectivity index (χ4v) is 1.60. The Labute approximate surface area is 113 Å². The zero-order chi connectivity index (χ0) is 13.8. The summed E-state index contributed by atoms with van der Waals surface area (Å²) >= 11 is 0. The maximum atomic E-state index is 12.1. The molecule has 1 saturated carbocycles. The maximum absolute atomic E-state index is 12.1. The van der Waals surface area contributed by atoms with Gasteiger partial charge in [-0.2, -0.15) is 0 Å². The highest BCUT2D eigenvalue weighted by Gasteiger charge is 2.19. The predicted molar refractivity (Wildman–Crippen MR) is 71.7 cm³/mol. The third-order valence-corrected chi connectivity index (χ3v) is 3.01. The first-order valence-corrected chi connectivity index (χ1v) is 6.17. The number of amides is 1. The maximum Gasteiger partial charge on any atom is 0.278 e. The van der Waals surface area contributed by atoms with Crippen molar-refractivity contribution in [1.29, 1.82) is 0 Å². The van der Waals surface area contributed by atoms with E-state index >= 15 is 0 Å². The quantitative estimate of drug-likeness (QED) is 0.616. The van der Waals surface area contributed by atoms with Gasteiger partial charge in [0.25, 0.3) is 5.91 Å². The molecule has 1 fully saturated rings. The fourth-order valence-electron chi connectivity index (χ4n) is 1.60. The number of ether oxygens (including phenoxy) is 1. The van der Waals surface area contributed by atoms with Crippen molar-refractivity contribution < 1.29 is 14.4 Å². The molecule has 0 aliphatic heterocycles. The molecule has 1 aliphatic carbocycles. The monoisotopic (exact) mass is 259 g/mol. The molecule has 0 N–H and O–H groups in total. The van der Waals surface area contributed by atoms with Gasteiger partial charge in [-0.1, -0.05) is 11.8 Å². The van der Waals surface area contributed by atoms with Crippen molar-refractivity contribution in [3.8, 4) is 17.6 Å². The highest BCUT2D eigenvalue weighted by molar-refractivity contribution is 5.96. The highest BCUT2D eigenvalue weighted by Crippen LogP contribution is 2.28. The minimum atomic E-state index is -0.217. The van der Waals surface area contributed by atoms with Crippen molar-refractivity contribution in [2.75, 3.05) is 21.3 Å². The first-order chi connectivity index (χ1) is 9.15. The predicted octanol–water partition coefficient (Wildman–Crippen LogP) is 2.09. The van der Waals surface area contributed by atoms with Crippen LogP contribution in [-0.4, -0.2) is 32.2 Å². The Balaban J connectivity index is 2.35. The van der Waals surface area contributed by atoms with E-state index in [0.717, 1.165) is 12.8 Å². The van der Waals surface area contributed by atoms with Crippen LogP contribution in [0.25, 0.3) is 0 Å². The van der Waals surface area contributed by atoms with Gasteiger partial charge in [0.2, 0.25) is 0 Å². The normalized spacial score (nSPS) is 13.4. The number of hydrogen-bond donors (Lipinski definition) is 0. The number of methoxy groups -OCH3 is 1. The van der Waals surface area contributed by atoms with Crippen molar-refractivity contribution in [1.82, 2.24) is 5.06 Å². The van der Waals surface area contributed by atoms with Gasteiger partial charge in [0.05, 0.1) is 19.8 Å². The summed E-state index contributed by atoms with van der Waals surface area (Å²) in [5, 5.41) is 1.18. The molecule has 1 amide bonds. The Morgan fingerprint density at radius 1 is 1.37 bits per heavy atom. The molecule has 0 radical (unpaired) electrons. The molecule has 0 spiro atoms. The van der Waals surface area contributed by atoms with E-state index in [-0.39, 0.29) is 5.91 Å². The van der Waals surface area contributed by atoms with Crippen LogP contribution in [0.15, 0.2) is 18.2 Å². The molecule has 0 aromatic heterocycles. The SMILES string of the molecule is COc1ccc(C(=O)N(C)OC)c(C#CC2CC2)c1. The van der Waals surface area contributed by atoms with E-state index < -0.39 is 0 Å². The smallest absolute Gasteiger partial charge is 0.278 e. The molecule has 0 atom stereocenters. The number of nitrogens with zero attached hydrogens (tertiary/aromatic N) is 1. The van der Waals surface area contributed by atoms with Crippen LogP contribution in [0.1, 0.15) is 28.8 Å². The van der Waals surface area contributed by atoms with Crippen molar-refractivity contribution >= 4 is 5.91 Å². The Hall–Kier alpha value is -1.99. The summed E-state index contributed by atoms with van der Waals surface area (Å²) in [6.07, 6.45) is 2.30. The van der Waals surface area contributed by atoms with Crippen molar-refractivity contribution in [3.05, 3.63) is 29.3 Å². The van der Waals surface area contributed by atoms with E-state index in [1.807, 2.05) is 0 Å². The summed E-state index contributed by atoms with van der Waals surface area (Å²) in [6.45, 7) is 0. The molecule has 0 heterocycles. The topological polar surface area (TPSA) is 38.8 Å². The Morgan fingerprint density at radius 3 is 2.68 bits per heavy atom. The second kappa shape index (κ2) is 5.77. The molecule has 4 nitrogen and oxygen atoms in total. The third kappa shape index (κ3) is 3.27. The molecule has 1 aromatic carbocycles. The summed E-state index contributed by atoms with van der Waals surface area (Å²) in [7, 11) is 4.62. The number of benzene rings is 1. The van der Waals surface area contributed by atoms with Crippen molar-refractivity contribution in [2.45, 2.75) is 12.8 Å². The van der Waals surface area contributed by atoms with Gasteiger partial charge >= 0.3 is 0 Å². The van der Waals surface area contributed by atoms with Gasteiger partial charge in [0.1, 0.15) is 5.75 Å². The molecule has 1 aromatic rings. The molecule has 0 bridgehead atoms. The first-order valence-electron chi connectivity index (χ1n) is 6.17. The van der Waals surface area contributed by atoms with Crippen molar-refractivity contribution in [2.24, 2.45) is 5.92 Å². The van der Waals surface area contributed by atoms with Gasteiger partial charge in [-0.05, 0) is 31.0 Å². The second-order valence-corrected chi connectivity index (χ2v) is 4.44. The standard InChI is InChI=1S/C15H17NO3/c1-16(19-3)15(17)14-9-8-13(18-2)10-12(14)7-6-11-4-5-11/h8-11H,4-5H2,1-3H3. The van der Waals surface area contributed by atoms with Crippen molar-refractivity contribution in [3.63, 3.8) is 0 Å². The molecule has 0 unspecified atom stereocenters. The molecule has 1 aliphatic rings. The van der Waals surface area contributed by atoms with Crippen LogP contribution in [0.3, 0.4) is 0 Å². The lowest BCUT2D eigenvalue weighted by Crippen LogP contribution is -2.26. The Morgan fingerprint density at radius 2 is 2.11 bits per heavy atom. The van der Waals surface area contributed by atoms with E-state index in [0.29, 0.717) is 22.8 Å². The lowest BCUT2D eigenvalue weighted by Gasteiger charge is -2.15. The molecule has 4 heteroatoms. The summed E-state index contributed by atoms with van der Waals surface area (Å²) in [5.41, 5.74) is 1.21. The van der Waals surface area contributed by atoms with Crippen LogP contribution in [-0.2, 0) is 4.84 Å². The van der Waals surface area contributed by atoms with Gasteiger partial charge in [-0.25, -0.2) is 5.06 Å². The zero-order valence-corrected chi connectivity index (χ0v) is 11.4. The number of rotatable bonds is 3. The summed E-state index contributed by atoms with van der Waals surface area (Å²) < 4.78 is 5.17. The molecule has 100 valence electrons. The largest absolute Gasteiger partial charge is 0.497 e. The number of carbonyl (C=O) groups excluding carboxylic acids is 1. The van der Waals surface area contributed by atoms with Gasteiger partial charge in [-0.15, -0.1) is 0 Å². The summed E-state index contributed by atoms with van der Waals surface area (Å²) in [6, 6.07) is 5.25. The molecular formula is C15H17NO3. The Kier molecular flexibility index (Phi) is 4.08. The van der Waals surface area contributed by atoms with E-state index in [1.165, 1.54) is 12.2 Å². The van der Waals surface area contributed by atoms with Crippen LogP contribution >= 0.6 is 0 Å². The van der Waals surface area contributed by atoms with Gasteiger partial charge in [0.15, 0.2) is 0 Å². The first kappa shape index (κ1) is 13.4. The number of hydrogen-bond acceptors (Lipinski definition) is 3. The van der Waals surface area contributed by atoms with Crippen LogP contribution in [0, 0.1) is 17.8 Å². The van der Waals surface area contributed by atoms with E-state index in [9.17, 15) is 4.79 Å². The number of carbonyl (C=O) groups is 1. The molecule has 2 rings (SSSR count). The van der Waals surface area contributed by atoms with Gasteiger partial charge in [0, 0.05) is 18.5 Å². The van der Waals surface area contributed by atoms with Gasteiger partial charge < -0.3 is 4.74 Å². The average molecular weight is 259 g/mol. The van der Waals surface area contributed by atoms with Crippen LogP contribution in [0.2, 0.25) is 0 Å². The van der Waals surface area contributed by atoms with E-state index in [1.54, 1.807) is 32.4 Å². The average Bonchev–Trinajstić information content (AvgIpc) is 3.27. The minimum absolute atomic E-state index is 0.217. The van der Waals surface area contributed by atoms with Gasteiger partial charge in [-0.3, -0.25) is 9.63 Å². The number of hydroxylamine groups is 2. The van der Waals surface area contributed by atoms with Crippen LogP contribution in [0.5, 0.6) is 5.75 Å². The van der Waals surface area contributed by atoms with E-state index in [4.69, 9.17) is 9.57 Å². The van der Waals surface area contributed by atoms with E-state index in [2.05, 4.69) is 11.8 Å². The molecule has 0 saturated heterocycles.